The van der Waals surface area contributed by atoms with Crippen LogP contribution >= 0.6 is 0 Å². The molecule has 1 saturated heterocycles. The highest BCUT2D eigenvalue weighted by Gasteiger charge is 2.33. The van der Waals surface area contributed by atoms with Crippen LogP contribution in [0.5, 0.6) is 0 Å². The number of urea groups is 1. The molecule has 3 nitrogen and oxygen atoms in total. The molecule has 1 unspecified atom stereocenters. The van der Waals surface area contributed by atoms with Crippen molar-refractivity contribution in [3.63, 3.8) is 0 Å². The van der Waals surface area contributed by atoms with Gasteiger partial charge in [-0.25, -0.2) is 9.18 Å². The second-order valence-corrected chi connectivity index (χ2v) is 5.87. The molecule has 2 aliphatic rings. The van der Waals surface area contributed by atoms with E-state index in [0.717, 1.165) is 38.8 Å². The second kappa shape index (κ2) is 5.43. The van der Waals surface area contributed by atoms with Gasteiger partial charge in [0.2, 0.25) is 0 Å². The van der Waals surface area contributed by atoms with Gasteiger partial charge in [0.1, 0.15) is 5.82 Å². The lowest BCUT2D eigenvalue weighted by Crippen LogP contribution is -2.43. The van der Waals surface area contributed by atoms with E-state index >= 15 is 0 Å². The van der Waals surface area contributed by atoms with Gasteiger partial charge in [-0.2, -0.15) is 0 Å². The molecule has 0 radical (unpaired) electrons. The molecule has 4 heteroatoms. The van der Waals surface area contributed by atoms with Crippen LogP contribution in [0.1, 0.15) is 36.3 Å². The van der Waals surface area contributed by atoms with Crippen LogP contribution in [0, 0.1) is 11.7 Å². The predicted octanol–water partition coefficient (Wildman–Crippen LogP) is 2.91. The molecule has 1 aliphatic carbocycles. The van der Waals surface area contributed by atoms with Crippen molar-refractivity contribution >= 4 is 6.03 Å². The summed E-state index contributed by atoms with van der Waals surface area (Å²) in [6.07, 6.45) is 4.24. The molecule has 1 atom stereocenters. The highest BCUT2D eigenvalue weighted by Crippen LogP contribution is 2.42. The number of nitrogens with one attached hydrogen (secondary N) is 1. The van der Waals surface area contributed by atoms with Crippen LogP contribution in [-0.4, -0.2) is 31.1 Å². The Morgan fingerprint density at radius 1 is 1.30 bits per heavy atom. The Kier molecular flexibility index (Phi) is 3.64. The van der Waals surface area contributed by atoms with Crippen molar-refractivity contribution in [2.24, 2.45) is 5.92 Å². The highest BCUT2D eigenvalue weighted by molar-refractivity contribution is 5.73. The average Bonchev–Trinajstić information content (AvgIpc) is 2.89. The van der Waals surface area contributed by atoms with Crippen LogP contribution in [0.3, 0.4) is 0 Å². The summed E-state index contributed by atoms with van der Waals surface area (Å²) in [5, 5.41) is 2.68. The number of hydrogen-bond donors (Lipinski definition) is 1. The van der Waals surface area contributed by atoms with E-state index in [1.165, 1.54) is 11.1 Å². The van der Waals surface area contributed by atoms with Crippen LogP contribution in [0.2, 0.25) is 0 Å². The Balaban J connectivity index is 1.69. The van der Waals surface area contributed by atoms with E-state index in [1.807, 2.05) is 11.0 Å². The molecule has 20 heavy (non-hydrogen) atoms. The van der Waals surface area contributed by atoms with Gasteiger partial charge in [0.25, 0.3) is 0 Å². The fraction of sp³-hybridized carbons (Fsp3) is 0.562. The first-order chi connectivity index (χ1) is 9.69. The average molecular weight is 276 g/mol. The van der Waals surface area contributed by atoms with Crippen molar-refractivity contribution in [3.05, 3.63) is 35.1 Å². The molecule has 2 amide bonds. The van der Waals surface area contributed by atoms with Crippen molar-refractivity contribution in [1.82, 2.24) is 10.2 Å². The number of aryl methyl sites for hydroxylation is 1. The van der Waals surface area contributed by atoms with Gasteiger partial charge in [0.05, 0.1) is 0 Å². The molecule has 1 aromatic rings. The molecule has 1 fully saturated rings. The van der Waals surface area contributed by atoms with E-state index in [9.17, 15) is 9.18 Å². The second-order valence-electron chi connectivity index (χ2n) is 5.87. The number of amides is 2. The molecule has 0 spiro atoms. The molecular formula is C16H21FN2O. The molecule has 3 rings (SSSR count). The Labute approximate surface area is 119 Å². The lowest BCUT2D eigenvalue weighted by molar-refractivity contribution is 0.164. The maximum absolute atomic E-state index is 13.5. The van der Waals surface area contributed by atoms with E-state index in [4.69, 9.17) is 0 Å². The molecule has 1 aliphatic heterocycles. The number of rotatable bonds is 1. The third-order valence-corrected chi connectivity index (χ3v) is 4.84. The van der Waals surface area contributed by atoms with E-state index in [-0.39, 0.29) is 11.8 Å². The first-order valence-corrected chi connectivity index (χ1v) is 7.44. The summed E-state index contributed by atoms with van der Waals surface area (Å²) >= 11 is 0. The number of carbonyl (C=O) groups is 1. The minimum Gasteiger partial charge on any atom is -0.341 e. The van der Waals surface area contributed by atoms with Crippen molar-refractivity contribution in [3.8, 4) is 0 Å². The predicted molar refractivity (Wildman–Crippen MR) is 76.2 cm³/mol. The zero-order chi connectivity index (χ0) is 14.1. The van der Waals surface area contributed by atoms with E-state index in [1.54, 1.807) is 19.2 Å². The number of halogens is 1. The summed E-state index contributed by atoms with van der Waals surface area (Å²) in [5.41, 5.74) is 2.52. The van der Waals surface area contributed by atoms with Gasteiger partial charge in [-0.3, -0.25) is 0 Å². The smallest absolute Gasteiger partial charge is 0.317 e. The zero-order valence-corrected chi connectivity index (χ0v) is 11.9. The third-order valence-electron chi connectivity index (χ3n) is 4.84. The van der Waals surface area contributed by atoms with Crippen LogP contribution < -0.4 is 5.32 Å². The lowest BCUT2D eigenvalue weighted by Gasteiger charge is -2.35. The zero-order valence-electron chi connectivity index (χ0n) is 11.9. The van der Waals surface area contributed by atoms with Crippen molar-refractivity contribution in [1.29, 1.82) is 0 Å². The fourth-order valence-corrected chi connectivity index (χ4v) is 3.76. The summed E-state index contributed by atoms with van der Waals surface area (Å²) in [5.74, 6) is 0.935. The maximum atomic E-state index is 13.5. The molecule has 108 valence electrons. The van der Waals surface area contributed by atoms with Crippen LogP contribution in [0.25, 0.3) is 0 Å². The van der Waals surface area contributed by atoms with Gasteiger partial charge in [-0.05, 0) is 60.8 Å². The Morgan fingerprint density at radius 3 is 2.75 bits per heavy atom. The quantitative estimate of drug-likeness (QED) is 0.840. The summed E-state index contributed by atoms with van der Waals surface area (Å²) in [4.78, 5) is 13.5. The van der Waals surface area contributed by atoms with Gasteiger partial charge in [-0.1, -0.05) is 6.07 Å². The molecule has 0 aromatic heterocycles. The number of fused-ring (bicyclic) bond motifs is 1. The maximum Gasteiger partial charge on any atom is 0.317 e. The molecule has 1 aromatic carbocycles. The lowest BCUT2D eigenvalue weighted by atomic mass is 9.81. The van der Waals surface area contributed by atoms with Crippen LogP contribution in [0.4, 0.5) is 9.18 Å². The first kappa shape index (κ1) is 13.4. The SMILES string of the molecule is CNC(=O)N1CCC(C2CCc3ccc(F)cc32)CC1. The molecule has 1 N–H and O–H groups in total. The summed E-state index contributed by atoms with van der Waals surface area (Å²) < 4.78 is 13.5. The standard InChI is InChI=1S/C16H21FN2O/c1-18-16(20)19-8-6-12(7-9-19)14-5-3-11-2-4-13(17)10-15(11)14/h2,4,10,12,14H,3,5-9H2,1H3,(H,18,20). The minimum absolute atomic E-state index is 0.0151. The van der Waals surface area contributed by atoms with Gasteiger partial charge < -0.3 is 10.2 Å². The Morgan fingerprint density at radius 2 is 2.05 bits per heavy atom. The largest absolute Gasteiger partial charge is 0.341 e. The van der Waals surface area contributed by atoms with Crippen LogP contribution in [0.15, 0.2) is 18.2 Å². The summed E-state index contributed by atoms with van der Waals surface area (Å²) in [6, 6.07) is 5.24. The van der Waals surface area contributed by atoms with E-state index in [2.05, 4.69) is 5.32 Å². The number of hydrogen-bond acceptors (Lipinski definition) is 1. The van der Waals surface area contributed by atoms with E-state index < -0.39 is 0 Å². The van der Waals surface area contributed by atoms with E-state index in [0.29, 0.717) is 11.8 Å². The molecule has 0 bridgehead atoms. The van der Waals surface area contributed by atoms with Crippen LogP contribution in [-0.2, 0) is 6.42 Å². The molecule has 0 saturated carbocycles. The number of carbonyl (C=O) groups excluding carboxylic acids is 1. The topological polar surface area (TPSA) is 32.3 Å². The summed E-state index contributed by atoms with van der Waals surface area (Å²) in [7, 11) is 1.67. The minimum atomic E-state index is -0.126. The normalized spacial score (nSPS) is 22.7. The van der Waals surface area contributed by atoms with Crippen molar-refractivity contribution in [2.75, 3.05) is 20.1 Å². The van der Waals surface area contributed by atoms with Gasteiger partial charge >= 0.3 is 6.03 Å². The van der Waals surface area contributed by atoms with Gasteiger partial charge in [-0.15, -0.1) is 0 Å². The number of likely N-dealkylation sites (tertiary alicyclic amines) is 1. The number of piperidine rings is 1. The summed E-state index contributed by atoms with van der Waals surface area (Å²) in [6.45, 7) is 1.62. The fourth-order valence-electron chi connectivity index (χ4n) is 3.76. The van der Waals surface area contributed by atoms with Gasteiger partial charge in [0.15, 0.2) is 0 Å². The molecule has 1 heterocycles. The highest BCUT2D eigenvalue weighted by atomic mass is 19.1. The monoisotopic (exact) mass is 276 g/mol. The van der Waals surface area contributed by atoms with Crippen molar-refractivity contribution < 1.29 is 9.18 Å². The Hall–Kier alpha value is -1.58. The first-order valence-electron chi connectivity index (χ1n) is 7.44. The third kappa shape index (κ3) is 2.39. The Bertz CT molecular complexity index is 509. The van der Waals surface area contributed by atoms with Crippen molar-refractivity contribution in [2.45, 2.75) is 31.6 Å². The number of benzene rings is 1. The van der Waals surface area contributed by atoms with Gasteiger partial charge in [0, 0.05) is 20.1 Å². The molecular weight excluding hydrogens is 255 g/mol. The number of nitrogens with zero attached hydrogens (tertiary/aromatic N) is 1.